The van der Waals surface area contributed by atoms with Crippen molar-refractivity contribution in [2.45, 2.75) is 20.0 Å². The third-order valence-corrected chi connectivity index (χ3v) is 4.69. The minimum atomic E-state index is -4.90. The van der Waals surface area contributed by atoms with Crippen LogP contribution in [-0.2, 0) is 15.7 Å². The standard InChI is InChI=1S/C23H22ClF3N4O4/c1-13(2)11-35-20(32)12-34-18-5-3-17(4-6-18)31-21(23(25,26)27)19(10-29-31)22(33)30-16-8-14(24)7-15(28)9-16/h3-10,13H,11-12,28H2,1-2H3,(H,30,33). The molecular weight excluding hydrogens is 489 g/mol. The second-order valence-electron chi connectivity index (χ2n) is 7.90. The SMILES string of the molecule is CC(C)COC(=O)COc1ccc(-n2ncc(C(=O)Nc3cc(N)cc(Cl)c3)c2C(F)(F)F)cc1. The first-order valence-corrected chi connectivity index (χ1v) is 10.7. The molecule has 1 aromatic heterocycles. The summed E-state index contributed by atoms with van der Waals surface area (Å²) in [6, 6.07) is 9.53. The Balaban J connectivity index is 1.80. The van der Waals surface area contributed by atoms with Crippen molar-refractivity contribution in [3.63, 3.8) is 0 Å². The van der Waals surface area contributed by atoms with E-state index in [2.05, 4.69) is 10.4 Å². The number of carbonyl (C=O) groups is 2. The molecule has 0 saturated heterocycles. The average molecular weight is 511 g/mol. The van der Waals surface area contributed by atoms with E-state index in [0.717, 1.165) is 6.20 Å². The van der Waals surface area contributed by atoms with Crippen LogP contribution < -0.4 is 15.8 Å². The number of nitrogens with zero attached hydrogens (tertiary/aromatic N) is 2. The van der Waals surface area contributed by atoms with Gasteiger partial charge >= 0.3 is 12.1 Å². The van der Waals surface area contributed by atoms with Gasteiger partial charge in [0.15, 0.2) is 12.3 Å². The van der Waals surface area contributed by atoms with Gasteiger partial charge in [-0.15, -0.1) is 0 Å². The summed E-state index contributed by atoms with van der Waals surface area (Å²) in [6.07, 6.45) is -4.08. The maximum atomic E-state index is 13.9. The number of aromatic nitrogens is 2. The molecule has 3 aromatic rings. The summed E-state index contributed by atoms with van der Waals surface area (Å²) >= 11 is 5.88. The minimum absolute atomic E-state index is 0.0260. The smallest absolute Gasteiger partial charge is 0.434 e. The number of hydrogen-bond donors (Lipinski definition) is 2. The highest BCUT2D eigenvalue weighted by atomic mass is 35.5. The molecule has 1 amide bonds. The molecule has 2 aromatic carbocycles. The van der Waals surface area contributed by atoms with Gasteiger partial charge in [0.1, 0.15) is 5.75 Å². The number of ether oxygens (including phenoxy) is 2. The van der Waals surface area contributed by atoms with Gasteiger partial charge in [0.05, 0.1) is 24.1 Å². The summed E-state index contributed by atoms with van der Waals surface area (Å²) in [7, 11) is 0. The predicted molar refractivity (Wildman–Crippen MR) is 124 cm³/mol. The van der Waals surface area contributed by atoms with Gasteiger partial charge < -0.3 is 20.5 Å². The largest absolute Gasteiger partial charge is 0.482 e. The van der Waals surface area contributed by atoms with E-state index in [9.17, 15) is 22.8 Å². The third kappa shape index (κ3) is 6.89. The quantitative estimate of drug-likeness (QED) is 0.327. The van der Waals surface area contributed by atoms with Gasteiger partial charge in [-0.05, 0) is 48.4 Å². The van der Waals surface area contributed by atoms with Crippen molar-refractivity contribution in [3.8, 4) is 11.4 Å². The zero-order valence-electron chi connectivity index (χ0n) is 18.7. The normalized spacial score (nSPS) is 11.4. The highest BCUT2D eigenvalue weighted by molar-refractivity contribution is 6.31. The fourth-order valence-corrected chi connectivity index (χ4v) is 3.24. The summed E-state index contributed by atoms with van der Waals surface area (Å²) in [4.78, 5) is 24.3. The number of amides is 1. The molecular formula is C23H22ClF3N4O4. The van der Waals surface area contributed by atoms with Crippen molar-refractivity contribution in [1.82, 2.24) is 9.78 Å². The number of nitrogens with one attached hydrogen (secondary N) is 1. The Morgan fingerprint density at radius 1 is 1.17 bits per heavy atom. The zero-order chi connectivity index (χ0) is 25.8. The Kier molecular flexibility index (Phi) is 7.90. The fourth-order valence-electron chi connectivity index (χ4n) is 2.99. The van der Waals surface area contributed by atoms with E-state index in [1.807, 2.05) is 13.8 Å². The number of benzene rings is 2. The van der Waals surface area contributed by atoms with E-state index in [0.29, 0.717) is 4.68 Å². The Hall–Kier alpha value is -3.73. The van der Waals surface area contributed by atoms with Crippen LogP contribution in [0.25, 0.3) is 5.69 Å². The molecule has 8 nitrogen and oxygen atoms in total. The Bertz CT molecular complexity index is 1190. The number of nitrogens with two attached hydrogens (primary N) is 1. The third-order valence-electron chi connectivity index (χ3n) is 4.48. The van der Waals surface area contributed by atoms with Crippen molar-refractivity contribution < 1.29 is 32.2 Å². The van der Waals surface area contributed by atoms with Gasteiger partial charge in [0.2, 0.25) is 0 Å². The van der Waals surface area contributed by atoms with Gasteiger partial charge in [-0.3, -0.25) is 4.79 Å². The van der Waals surface area contributed by atoms with Crippen LogP contribution in [0, 0.1) is 5.92 Å². The number of hydrogen-bond acceptors (Lipinski definition) is 6. The molecule has 0 aliphatic rings. The number of esters is 1. The zero-order valence-corrected chi connectivity index (χ0v) is 19.5. The molecule has 0 bridgehead atoms. The summed E-state index contributed by atoms with van der Waals surface area (Å²) < 4.78 is 52.6. The molecule has 0 unspecified atom stereocenters. The Labute approximate surface area is 203 Å². The van der Waals surface area contributed by atoms with Crippen LogP contribution in [0.15, 0.2) is 48.7 Å². The van der Waals surface area contributed by atoms with Crippen LogP contribution in [0.4, 0.5) is 24.5 Å². The van der Waals surface area contributed by atoms with Crippen LogP contribution in [0.5, 0.6) is 5.75 Å². The number of rotatable bonds is 8. The molecule has 12 heteroatoms. The van der Waals surface area contributed by atoms with Gasteiger partial charge in [-0.25, -0.2) is 9.48 Å². The number of halogens is 4. The van der Waals surface area contributed by atoms with Crippen molar-refractivity contribution in [2.75, 3.05) is 24.3 Å². The van der Waals surface area contributed by atoms with E-state index >= 15 is 0 Å². The topological polar surface area (TPSA) is 108 Å². The van der Waals surface area contributed by atoms with E-state index in [4.69, 9.17) is 26.8 Å². The van der Waals surface area contributed by atoms with Gasteiger partial charge in [-0.1, -0.05) is 25.4 Å². The number of nitrogen functional groups attached to an aromatic ring is 1. The van der Waals surface area contributed by atoms with Crippen molar-refractivity contribution in [1.29, 1.82) is 0 Å². The monoisotopic (exact) mass is 510 g/mol. The Morgan fingerprint density at radius 2 is 1.86 bits per heavy atom. The van der Waals surface area contributed by atoms with Crippen LogP contribution in [0.3, 0.4) is 0 Å². The maximum absolute atomic E-state index is 13.9. The maximum Gasteiger partial charge on any atom is 0.434 e. The molecule has 186 valence electrons. The lowest BCUT2D eigenvalue weighted by Crippen LogP contribution is -2.20. The Morgan fingerprint density at radius 3 is 2.46 bits per heavy atom. The summed E-state index contributed by atoms with van der Waals surface area (Å²) in [6.45, 7) is 3.68. The average Bonchev–Trinajstić information content (AvgIpc) is 3.22. The second-order valence-corrected chi connectivity index (χ2v) is 8.34. The first kappa shape index (κ1) is 25.9. The highest BCUT2D eigenvalue weighted by Crippen LogP contribution is 2.34. The molecule has 0 fully saturated rings. The van der Waals surface area contributed by atoms with Gasteiger partial charge in [0.25, 0.3) is 5.91 Å². The summed E-state index contributed by atoms with van der Waals surface area (Å²) in [5.74, 6) is -1.19. The van der Waals surface area contributed by atoms with Crippen molar-refractivity contribution >= 4 is 34.9 Å². The number of carbonyl (C=O) groups excluding carboxylic acids is 2. The second kappa shape index (κ2) is 10.7. The molecule has 0 saturated carbocycles. The van der Waals surface area contributed by atoms with Crippen molar-refractivity contribution in [3.05, 3.63) is 64.9 Å². The predicted octanol–water partition coefficient (Wildman–Crippen LogP) is 4.96. The van der Waals surface area contributed by atoms with Gasteiger partial charge in [0, 0.05) is 16.4 Å². The lowest BCUT2D eigenvalue weighted by Gasteiger charge is -2.14. The molecule has 3 rings (SSSR count). The molecule has 0 spiro atoms. The first-order chi connectivity index (χ1) is 16.4. The van der Waals surface area contributed by atoms with Crippen LogP contribution in [0.2, 0.25) is 5.02 Å². The molecule has 35 heavy (non-hydrogen) atoms. The molecule has 1 heterocycles. The minimum Gasteiger partial charge on any atom is -0.482 e. The lowest BCUT2D eigenvalue weighted by atomic mass is 10.2. The molecule has 0 aliphatic carbocycles. The van der Waals surface area contributed by atoms with Crippen LogP contribution in [-0.4, -0.2) is 34.9 Å². The lowest BCUT2D eigenvalue weighted by molar-refractivity contribution is -0.147. The molecule has 0 atom stereocenters. The first-order valence-electron chi connectivity index (χ1n) is 10.4. The highest BCUT2D eigenvalue weighted by Gasteiger charge is 2.40. The van der Waals surface area contributed by atoms with E-state index in [1.54, 1.807) is 0 Å². The van der Waals surface area contributed by atoms with Crippen molar-refractivity contribution in [2.24, 2.45) is 5.92 Å². The molecule has 3 N–H and O–H groups in total. The van der Waals surface area contributed by atoms with Gasteiger partial charge in [-0.2, -0.15) is 18.3 Å². The number of alkyl halides is 3. The van der Waals surface area contributed by atoms with Crippen LogP contribution >= 0.6 is 11.6 Å². The molecule has 0 aliphatic heterocycles. The number of anilines is 2. The summed E-state index contributed by atoms with van der Waals surface area (Å²) in [5.41, 5.74) is 4.10. The summed E-state index contributed by atoms with van der Waals surface area (Å²) in [5, 5.41) is 6.33. The van der Waals surface area contributed by atoms with Crippen LogP contribution in [0.1, 0.15) is 29.9 Å². The van der Waals surface area contributed by atoms with E-state index < -0.39 is 29.3 Å². The fraction of sp³-hybridized carbons (Fsp3) is 0.261. The molecule has 0 radical (unpaired) electrons. The van der Waals surface area contributed by atoms with E-state index in [-0.39, 0.29) is 47.0 Å². The van der Waals surface area contributed by atoms with E-state index in [1.165, 1.54) is 42.5 Å².